The molecule has 0 saturated heterocycles. The van der Waals surface area contributed by atoms with Crippen LogP contribution in [-0.2, 0) is 4.79 Å². The number of amides is 1. The summed E-state index contributed by atoms with van der Waals surface area (Å²) in [6.45, 7) is 3.75. The molecule has 1 aromatic carbocycles. The highest BCUT2D eigenvalue weighted by Crippen LogP contribution is 2.30. The van der Waals surface area contributed by atoms with E-state index >= 15 is 0 Å². The average Bonchev–Trinajstić information content (AvgIpc) is 2.39. The van der Waals surface area contributed by atoms with E-state index in [1.54, 1.807) is 0 Å². The Labute approximate surface area is 127 Å². The predicted octanol–water partition coefficient (Wildman–Crippen LogP) is 3.00. The summed E-state index contributed by atoms with van der Waals surface area (Å²) in [5, 5.41) is 11.8. The van der Waals surface area contributed by atoms with Crippen molar-refractivity contribution in [1.82, 2.24) is 0 Å². The van der Waals surface area contributed by atoms with Crippen LogP contribution in [-0.4, -0.2) is 23.0 Å². The summed E-state index contributed by atoms with van der Waals surface area (Å²) in [4.78, 5) is 23.2. The van der Waals surface area contributed by atoms with Crippen molar-refractivity contribution in [2.75, 3.05) is 5.32 Å². The van der Waals surface area contributed by atoms with E-state index in [-0.39, 0.29) is 27.2 Å². The molecule has 0 aliphatic rings. The fourth-order valence-corrected chi connectivity index (χ4v) is 2.13. The average molecular weight is 319 g/mol. The Morgan fingerprint density at radius 2 is 2.00 bits per heavy atom. The molecule has 1 rings (SSSR count). The molecule has 0 radical (unpaired) electrons. The van der Waals surface area contributed by atoms with Gasteiger partial charge in [-0.05, 0) is 18.1 Å². The number of aromatic carboxylic acids is 1. The second-order valence-corrected chi connectivity index (χ2v) is 5.36. The van der Waals surface area contributed by atoms with E-state index in [1.807, 2.05) is 13.8 Å². The number of hydrogen-bond donors (Lipinski definition) is 3. The first-order chi connectivity index (χ1) is 9.27. The lowest BCUT2D eigenvalue weighted by Gasteiger charge is -2.19. The SMILES string of the molecule is CC[C@H](C)[C@H](N)C(=O)Nc1c(Cl)cc(Cl)cc1C(=O)O. The number of anilines is 1. The fraction of sp³-hybridized carbons (Fsp3) is 0.385. The number of halogens is 2. The van der Waals surface area contributed by atoms with Crippen LogP contribution in [0.2, 0.25) is 10.0 Å². The van der Waals surface area contributed by atoms with Crippen LogP contribution in [0.4, 0.5) is 5.69 Å². The number of benzene rings is 1. The van der Waals surface area contributed by atoms with Crippen LogP contribution in [0.3, 0.4) is 0 Å². The van der Waals surface area contributed by atoms with Crippen molar-refractivity contribution in [3.05, 3.63) is 27.7 Å². The summed E-state index contributed by atoms with van der Waals surface area (Å²) in [6, 6.07) is 1.84. The van der Waals surface area contributed by atoms with E-state index in [9.17, 15) is 9.59 Å². The molecule has 0 aromatic heterocycles. The van der Waals surface area contributed by atoms with Gasteiger partial charge in [-0.15, -0.1) is 0 Å². The van der Waals surface area contributed by atoms with Crippen molar-refractivity contribution in [3.63, 3.8) is 0 Å². The standard InChI is InChI=1S/C13H16Cl2N2O3/c1-3-6(2)10(16)12(18)17-11-8(13(19)20)4-7(14)5-9(11)15/h4-6,10H,3,16H2,1-2H3,(H,17,18)(H,19,20)/t6-,10-/m0/s1. The molecule has 1 aromatic rings. The zero-order chi connectivity index (χ0) is 15.4. The zero-order valence-corrected chi connectivity index (χ0v) is 12.6. The lowest BCUT2D eigenvalue weighted by molar-refractivity contribution is -0.118. The topological polar surface area (TPSA) is 92.4 Å². The van der Waals surface area contributed by atoms with E-state index in [1.165, 1.54) is 12.1 Å². The Bertz CT molecular complexity index is 535. The maximum Gasteiger partial charge on any atom is 0.337 e. The molecule has 5 nitrogen and oxygen atoms in total. The molecule has 0 bridgehead atoms. The first-order valence-electron chi connectivity index (χ1n) is 6.06. The van der Waals surface area contributed by atoms with Gasteiger partial charge in [0.15, 0.2) is 0 Å². The zero-order valence-electron chi connectivity index (χ0n) is 11.1. The quantitative estimate of drug-likeness (QED) is 0.778. The predicted molar refractivity (Wildman–Crippen MR) is 79.5 cm³/mol. The highest BCUT2D eigenvalue weighted by molar-refractivity contribution is 6.37. The van der Waals surface area contributed by atoms with Crippen molar-refractivity contribution >= 4 is 40.8 Å². The van der Waals surface area contributed by atoms with Gasteiger partial charge in [0.1, 0.15) is 0 Å². The molecule has 0 aliphatic heterocycles. The number of carboxylic acids is 1. The Hall–Kier alpha value is -1.30. The van der Waals surface area contributed by atoms with Crippen molar-refractivity contribution in [2.45, 2.75) is 26.3 Å². The van der Waals surface area contributed by atoms with Crippen LogP contribution in [0.25, 0.3) is 0 Å². The number of carbonyl (C=O) groups is 2. The van der Waals surface area contributed by atoms with Gasteiger partial charge in [-0.2, -0.15) is 0 Å². The van der Waals surface area contributed by atoms with Crippen LogP contribution < -0.4 is 11.1 Å². The lowest BCUT2D eigenvalue weighted by Crippen LogP contribution is -2.41. The van der Waals surface area contributed by atoms with Gasteiger partial charge in [0.05, 0.1) is 22.3 Å². The molecule has 0 heterocycles. The molecular weight excluding hydrogens is 303 g/mol. The molecule has 0 saturated carbocycles. The molecule has 0 unspecified atom stereocenters. The molecule has 20 heavy (non-hydrogen) atoms. The van der Waals surface area contributed by atoms with Crippen LogP contribution in [0.5, 0.6) is 0 Å². The van der Waals surface area contributed by atoms with Gasteiger partial charge in [0.25, 0.3) is 0 Å². The Kier molecular flexibility index (Phi) is 5.80. The van der Waals surface area contributed by atoms with Crippen LogP contribution in [0.1, 0.15) is 30.6 Å². The molecule has 2 atom stereocenters. The fourth-order valence-electron chi connectivity index (χ4n) is 1.59. The number of rotatable bonds is 5. The van der Waals surface area contributed by atoms with E-state index in [0.717, 1.165) is 6.42 Å². The summed E-state index contributed by atoms with van der Waals surface area (Å²) >= 11 is 11.7. The van der Waals surface area contributed by atoms with Crippen LogP contribution >= 0.6 is 23.2 Å². The summed E-state index contributed by atoms with van der Waals surface area (Å²) in [5.41, 5.74) is 5.63. The number of carboxylic acid groups (broad SMARTS) is 1. The first-order valence-corrected chi connectivity index (χ1v) is 6.82. The third-order valence-electron chi connectivity index (χ3n) is 3.09. The minimum Gasteiger partial charge on any atom is -0.478 e. The number of nitrogens with two attached hydrogens (primary N) is 1. The minimum atomic E-state index is -1.23. The molecule has 0 aliphatic carbocycles. The molecule has 4 N–H and O–H groups in total. The lowest BCUT2D eigenvalue weighted by atomic mass is 9.99. The number of hydrogen-bond acceptors (Lipinski definition) is 3. The normalized spacial score (nSPS) is 13.7. The molecule has 110 valence electrons. The Morgan fingerprint density at radius 1 is 1.40 bits per heavy atom. The molecule has 7 heteroatoms. The maximum absolute atomic E-state index is 12.0. The number of carbonyl (C=O) groups excluding carboxylic acids is 1. The third kappa shape index (κ3) is 3.85. The Balaban J connectivity index is 3.09. The van der Waals surface area contributed by atoms with Gasteiger partial charge in [-0.3, -0.25) is 4.79 Å². The van der Waals surface area contributed by atoms with Crippen molar-refractivity contribution in [2.24, 2.45) is 11.7 Å². The second-order valence-electron chi connectivity index (χ2n) is 4.52. The maximum atomic E-state index is 12.0. The van der Waals surface area contributed by atoms with Gasteiger partial charge < -0.3 is 16.2 Å². The van der Waals surface area contributed by atoms with Crippen molar-refractivity contribution in [3.8, 4) is 0 Å². The smallest absolute Gasteiger partial charge is 0.337 e. The summed E-state index contributed by atoms with van der Waals surface area (Å²) in [5.74, 6) is -1.75. The summed E-state index contributed by atoms with van der Waals surface area (Å²) < 4.78 is 0. The summed E-state index contributed by atoms with van der Waals surface area (Å²) in [7, 11) is 0. The van der Waals surface area contributed by atoms with Gasteiger partial charge in [0.2, 0.25) is 5.91 Å². The Morgan fingerprint density at radius 3 is 2.50 bits per heavy atom. The molecular formula is C13H16Cl2N2O3. The van der Waals surface area contributed by atoms with Gasteiger partial charge >= 0.3 is 5.97 Å². The highest BCUT2D eigenvalue weighted by Gasteiger charge is 2.23. The van der Waals surface area contributed by atoms with Crippen LogP contribution in [0.15, 0.2) is 12.1 Å². The van der Waals surface area contributed by atoms with E-state index < -0.39 is 17.9 Å². The largest absolute Gasteiger partial charge is 0.478 e. The van der Waals surface area contributed by atoms with E-state index in [2.05, 4.69) is 5.32 Å². The van der Waals surface area contributed by atoms with Gasteiger partial charge in [0, 0.05) is 5.02 Å². The first kappa shape index (κ1) is 16.8. The summed E-state index contributed by atoms with van der Waals surface area (Å²) in [6.07, 6.45) is 0.731. The number of nitrogens with one attached hydrogen (secondary N) is 1. The third-order valence-corrected chi connectivity index (χ3v) is 3.61. The van der Waals surface area contributed by atoms with Gasteiger partial charge in [-0.25, -0.2) is 4.79 Å². The van der Waals surface area contributed by atoms with Crippen LogP contribution in [0, 0.1) is 5.92 Å². The van der Waals surface area contributed by atoms with Crippen molar-refractivity contribution < 1.29 is 14.7 Å². The molecule has 1 amide bonds. The second kappa shape index (κ2) is 6.92. The molecule has 0 fully saturated rings. The molecule has 0 spiro atoms. The minimum absolute atomic E-state index is 0.00678. The van der Waals surface area contributed by atoms with Crippen molar-refractivity contribution in [1.29, 1.82) is 0 Å². The van der Waals surface area contributed by atoms with E-state index in [0.29, 0.717) is 0 Å². The van der Waals surface area contributed by atoms with Gasteiger partial charge in [-0.1, -0.05) is 43.5 Å². The monoisotopic (exact) mass is 318 g/mol. The van der Waals surface area contributed by atoms with E-state index in [4.69, 9.17) is 34.0 Å². The highest BCUT2D eigenvalue weighted by atomic mass is 35.5.